The van der Waals surface area contributed by atoms with Crippen molar-refractivity contribution in [3.8, 4) is 0 Å². The highest BCUT2D eigenvalue weighted by Gasteiger charge is 2.85. The standard InChI is InChI=1S/C5H3F9O.C2H2Cl2/c1-15-5(13,14)2(6,3(7,8)9)4(10,11)12;3-1-2-4/h1H3;1-2H/b;2-1+. The molecule has 0 aliphatic carbocycles. The van der Waals surface area contributed by atoms with Crippen LogP contribution in [0.15, 0.2) is 11.1 Å². The first-order valence-electron chi connectivity index (χ1n) is 3.83. The molecule has 0 heterocycles. The van der Waals surface area contributed by atoms with Crippen LogP contribution in [0.3, 0.4) is 0 Å². The van der Waals surface area contributed by atoms with Crippen molar-refractivity contribution in [2.45, 2.75) is 24.1 Å². The van der Waals surface area contributed by atoms with E-state index in [1.165, 1.54) is 11.1 Å². The fraction of sp³-hybridized carbons (Fsp3) is 0.714. The van der Waals surface area contributed by atoms with Crippen molar-refractivity contribution >= 4 is 23.2 Å². The molecule has 0 amide bonds. The lowest BCUT2D eigenvalue weighted by Gasteiger charge is -2.34. The molecule has 0 saturated carbocycles. The third-order valence-corrected chi connectivity index (χ3v) is 1.87. The fourth-order valence-electron chi connectivity index (χ4n) is 0.631. The maximum absolute atomic E-state index is 12.5. The maximum atomic E-state index is 12.5. The van der Waals surface area contributed by atoms with E-state index in [9.17, 15) is 39.5 Å². The van der Waals surface area contributed by atoms with E-state index >= 15 is 0 Å². The minimum absolute atomic E-state index is 0.175. The van der Waals surface area contributed by atoms with Crippen LogP contribution in [0.2, 0.25) is 0 Å². The first-order chi connectivity index (χ1) is 8.22. The monoisotopic (exact) mass is 346 g/mol. The molecule has 0 atom stereocenters. The molecule has 0 rings (SSSR count). The Morgan fingerprint density at radius 1 is 0.737 bits per heavy atom. The summed E-state index contributed by atoms with van der Waals surface area (Å²) in [5, 5.41) is 0. The maximum Gasteiger partial charge on any atom is 0.440 e. The summed E-state index contributed by atoms with van der Waals surface area (Å²) in [6, 6.07) is 0. The lowest BCUT2D eigenvalue weighted by atomic mass is 10.0. The SMILES string of the molecule is COC(F)(F)C(F)(C(F)(F)F)C(F)(F)F.Cl/C=C/Cl. The van der Waals surface area contributed by atoms with Gasteiger partial charge in [-0.1, -0.05) is 23.2 Å². The smallest absolute Gasteiger partial charge is 0.321 e. The summed E-state index contributed by atoms with van der Waals surface area (Å²) in [5.74, 6) is 0. The Morgan fingerprint density at radius 2 is 1.00 bits per heavy atom. The average molecular weight is 347 g/mol. The van der Waals surface area contributed by atoms with Gasteiger partial charge < -0.3 is 4.74 Å². The van der Waals surface area contributed by atoms with Crippen molar-refractivity contribution in [3.05, 3.63) is 11.1 Å². The Balaban J connectivity index is 0. The van der Waals surface area contributed by atoms with Crippen LogP contribution in [0, 0.1) is 0 Å². The van der Waals surface area contributed by atoms with Crippen molar-refractivity contribution in [2.24, 2.45) is 0 Å². The van der Waals surface area contributed by atoms with Gasteiger partial charge in [-0.3, -0.25) is 0 Å². The van der Waals surface area contributed by atoms with Gasteiger partial charge in [-0.2, -0.15) is 35.1 Å². The van der Waals surface area contributed by atoms with Crippen LogP contribution in [0.5, 0.6) is 0 Å². The Bertz CT molecular complexity index is 278. The number of halogens is 11. The zero-order chi connectivity index (χ0) is 16.1. The molecule has 0 spiro atoms. The third kappa shape index (κ3) is 4.60. The molecule has 0 saturated heterocycles. The molecule has 0 aliphatic heterocycles. The Labute approximate surface area is 110 Å². The van der Waals surface area contributed by atoms with Crippen molar-refractivity contribution < 1.29 is 44.3 Å². The highest BCUT2D eigenvalue weighted by atomic mass is 35.5. The summed E-state index contributed by atoms with van der Waals surface area (Å²) in [4.78, 5) is 0. The molecule has 1 nitrogen and oxygen atoms in total. The predicted molar refractivity (Wildman–Crippen MR) is 48.8 cm³/mol. The van der Waals surface area contributed by atoms with E-state index in [1.54, 1.807) is 0 Å². The number of rotatable bonds is 2. The lowest BCUT2D eigenvalue weighted by molar-refractivity contribution is -0.445. The normalized spacial score (nSPS) is 14.3. The van der Waals surface area contributed by atoms with Crippen molar-refractivity contribution in [2.75, 3.05) is 7.11 Å². The van der Waals surface area contributed by atoms with Crippen LogP contribution in [-0.4, -0.2) is 31.2 Å². The highest BCUT2D eigenvalue weighted by molar-refractivity contribution is 6.33. The van der Waals surface area contributed by atoms with Crippen LogP contribution in [0.1, 0.15) is 0 Å². The predicted octanol–water partition coefficient (Wildman–Crippen LogP) is 4.99. The lowest BCUT2D eigenvalue weighted by Crippen LogP contribution is -2.65. The molecule has 0 aromatic rings. The van der Waals surface area contributed by atoms with Crippen molar-refractivity contribution in [3.63, 3.8) is 0 Å². The zero-order valence-electron chi connectivity index (χ0n) is 8.72. The largest absolute Gasteiger partial charge is 0.440 e. The van der Waals surface area contributed by atoms with E-state index in [-0.39, 0.29) is 7.11 Å². The zero-order valence-corrected chi connectivity index (χ0v) is 10.2. The van der Waals surface area contributed by atoms with E-state index in [0.717, 1.165) is 0 Å². The first kappa shape index (κ1) is 21.0. The number of hydrogen-bond acceptors (Lipinski definition) is 1. The summed E-state index contributed by atoms with van der Waals surface area (Å²) in [7, 11) is -0.175. The van der Waals surface area contributed by atoms with Crippen LogP contribution >= 0.6 is 23.2 Å². The second-order valence-electron chi connectivity index (χ2n) is 2.63. The van der Waals surface area contributed by atoms with E-state index in [1.807, 2.05) is 0 Å². The molecule has 0 aromatic heterocycles. The molecule has 0 fully saturated rings. The second kappa shape index (κ2) is 6.89. The van der Waals surface area contributed by atoms with Gasteiger partial charge in [0.1, 0.15) is 0 Å². The highest BCUT2D eigenvalue weighted by Crippen LogP contribution is 2.54. The Hall–Kier alpha value is -0.350. The number of alkyl halides is 9. The van der Waals surface area contributed by atoms with E-state index < -0.39 is 24.1 Å². The Kier molecular flexibility index (Phi) is 7.60. The van der Waals surface area contributed by atoms with Gasteiger partial charge in [-0.15, -0.1) is 0 Å². The van der Waals surface area contributed by atoms with Crippen LogP contribution < -0.4 is 0 Å². The molecule has 0 N–H and O–H groups in total. The van der Waals surface area contributed by atoms with E-state index in [0.29, 0.717) is 0 Å². The molecule has 0 radical (unpaired) electrons. The summed E-state index contributed by atoms with van der Waals surface area (Å²) < 4.78 is 109. The minimum Gasteiger partial charge on any atom is -0.321 e. The van der Waals surface area contributed by atoms with Crippen LogP contribution in [-0.2, 0) is 4.74 Å². The summed E-state index contributed by atoms with van der Waals surface area (Å²) in [6.45, 7) is 0. The summed E-state index contributed by atoms with van der Waals surface area (Å²) in [6.07, 6.45) is -19.7. The minimum atomic E-state index is -6.84. The van der Waals surface area contributed by atoms with Gasteiger partial charge in [0, 0.05) is 18.2 Å². The molecule has 0 aromatic carbocycles. The van der Waals surface area contributed by atoms with Crippen LogP contribution in [0.4, 0.5) is 39.5 Å². The number of ether oxygens (including phenoxy) is 1. The summed E-state index contributed by atoms with van der Waals surface area (Å²) >= 11 is 9.75. The quantitative estimate of drug-likeness (QED) is 0.640. The summed E-state index contributed by atoms with van der Waals surface area (Å²) in [5.41, 5.74) is -4.26. The first-order valence-corrected chi connectivity index (χ1v) is 4.71. The van der Waals surface area contributed by atoms with Crippen molar-refractivity contribution in [1.29, 1.82) is 0 Å². The third-order valence-electron chi connectivity index (χ3n) is 1.49. The van der Waals surface area contributed by atoms with Gasteiger partial charge >= 0.3 is 24.1 Å². The van der Waals surface area contributed by atoms with Gasteiger partial charge in [0.05, 0.1) is 0 Å². The van der Waals surface area contributed by atoms with Gasteiger partial charge in [0.15, 0.2) is 0 Å². The van der Waals surface area contributed by atoms with Gasteiger partial charge in [-0.05, 0) is 0 Å². The van der Waals surface area contributed by atoms with Crippen molar-refractivity contribution in [1.82, 2.24) is 0 Å². The molecular formula is C7H5Cl2F9O. The number of methoxy groups -OCH3 is 1. The molecule has 116 valence electrons. The number of hydrogen-bond donors (Lipinski definition) is 0. The molecule has 19 heavy (non-hydrogen) atoms. The second-order valence-corrected chi connectivity index (χ2v) is 3.13. The topological polar surface area (TPSA) is 9.23 Å². The van der Waals surface area contributed by atoms with E-state index in [4.69, 9.17) is 23.2 Å². The van der Waals surface area contributed by atoms with Gasteiger partial charge in [0.2, 0.25) is 0 Å². The molecule has 0 unspecified atom stereocenters. The molecule has 0 bridgehead atoms. The Morgan fingerprint density at radius 3 is 1.05 bits per heavy atom. The average Bonchev–Trinajstić information content (AvgIpc) is 2.25. The van der Waals surface area contributed by atoms with E-state index in [2.05, 4.69) is 4.74 Å². The van der Waals surface area contributed by atoms with Gasteiger partial charge in [0.25, 0.3) is 0 Å². The fourth-order valence-corrected chi connectivity index (χ4v) is 0.631. The molecule has 12 heteroatoms. The molecule has 0 aliphatic rings. The molecular weight excluding hydrogens is 342 g/mol. The van der Waals surface area contributed by atoms with Gasteiger partial charge in [-0.25, -0.2) is 4.39 Å². The van der Waals surface area contributed by atoms with Crippen LogP contribution in [0.25, 0.3) is 0 Å².